The van der Waals surface area contributed by atoms with Crippen LogP contribution in [0, 0.1) is 0 Å². The van der Waals surface area contributed by atoms with Crippen molar-refractivity contribution < 1.29 is 51.0 Å². The number of hydrogen-bond acceptors (Lipinski definition) is 15. The molecule has 0 radical (unpaired) electrons. The maximum Gasteiger partial charge on any atom is 0.459 e. The van der Waals surface area contributed by atoms with E-state index in [4.69, 9.17) is 38.0 Å². The van der Waals surface area contributed by atoms with Crippen LogP contribution in [0.25, 0.3) is 11.2 Å². The number of rotatable bonds is 23. The number of aromatic amines is 1. The molecule has 338 valence electrons. The summed E-state index contributed by atoms with van der Waals surface area (Å²) in [5.74, 6) is -1.45. The van der Waals surface area contributed by atoms with Gasteiger partial charge in [-0.15, -0.1) is 0 Å². The number of ether oxygens (including phenoxy) is 3. The van der Waals surface area contributed by atoms with Crippen LogP contribution in [0.3, 0.4) is 0 Å². The van der Waals surface area contributed by atoms with Crippen LogP contribution in [0.2, 0.25) is 0 Å². The van der Waals surface area contributed by atoms with Gasteiger partial charge in [0, 0.05) is 0 Å². The first-order valence-corrected chi connectivity index (χ1v) is 22.9. The maximum absolute atomic E-state index is 14.8. The zero-order valence-corrected chi connectivity index (χ0v) is 37.2. The summed E-state index contributed by atoms with van der Waals surface area (Å²) in [5.41, 5.74) is 3.43. The molecule has 2 unspecified atom stereocenters. The summed E-state index contributed by atoms with van der Waals surface area (Å²) in [5, 5.41) is 5.42. The summed E-state index contributed by atoms with van der Waals surface area (Å²) in [4.78, 5) is 50.0. The second kappa shape index (κ2) is 21.0. The van der Waals surface area contributed by atoms with Crippen molar-refractivity contribution in [3.63, 3.8) is 0 Å². The minimum atomic E-state index is -4.56. The topological polar surface area (TPSA) is 247 Å². The lowest BCUT2D eigenvalue weighted by Gasteiger charge is -2.31. The van der Waals surface area contributed by atoms with Crippen LogP contribution >= 0.6 is 15.5 Å². The Balaban J connectivity index is 1.26. The molecule has 0 amide bonds. The van der Waals surface area contributed by atoms with E-state index >= 15 is 0 Å². The molecule has 0 saturated heterocycles. The Hall–Kier alpha value is -6.17. The standard InChI is InChI=1S/C43H49N7O12P2/c1-42(2,39(52)56-25-31-17-9-5-10-18-31)48-63(54,61-33-21-13-7-14-22-33)59-27-35(58-30-50-29-45-36-37(50)46-41(44)47-38(36)51)28-60-64(55,62-34-23-15-8-16-24-34)49-43(3,4)40(53)57-26-32-19-11-6-12-20-32/h5-24,29,35H,25-28,30H2,1-4H3,(H,48,54)(H,49,55)(H3,44,46,47,51). The summed E-state index contributed by atoms with van der Waals surface area (Å²) >= 11 is 0. The molecule has 0 spiro atoms. The van der Waals surface area contributed by atoms with Gasteiger partial charge >= 0.3 is 27.4 Å². The van der Waals surface area contributed by atoms with Crippen molar-refractivity contribution in [1.82, 2.24) is 29.7 Å². The third-order valence-electron chi connectivity index (χ3n) is 9.02. The molecular formula is C43H49N7O12P2. The number of hydrogen-bond donors (Lipinski definition) is 4. The zero-order chi connectivity index (χ0) is 45.8. The van der Waals surface area contributed by atoms with Crippen molar-refractivity contribution in [1.29, 1.82) is 0 Å². The molecule has 0 fully saturated rings. The second-order valence-corrected chi connectivity index (χ2v) is 18.6. The highest BCUT2D eigenvalue weighted by atomic mass is 31.2. The highest BCUT2D eigenvalue weighted by molar-refractivity contribution is 7.52. The third kappa shape index (κ3) is 13.4. The lowest BCUT2D eigenvalue weighted by Crippen LogP contribution is -2.47. The molecule has 6 aromatic rings. The fourth-order valence-corrected chi connectivity index (χ4v) is 9.15. The molecule has 2 atom stereocenters. The number of nitrogens with zero attached hydrogens (tertiary/aromatic N) is 3. The van der Waals surface area contributed by atoms with Crippen molar-refractivity contribution in [2.24, 2.45) is 0 Å². The van der Waals surface area contributed by atoms with Gasteiger partial charge in [0.25, 0.3) is 5.56 Å². The molecule has 64 heavy (non-hydrogen) atoms. The fraction of sp³-hybridized carbons (Fsp3) is 0.279. The van der Waals surface area contributed by atoms with Crippen LogP contribution in [-0.4, -0.2) is 61.9 Å². The van der Waals surface area contributed by atoms with Gasteiger partial charge < -0.3 is 29.0 Å². The van der Waals surface area contributed by atoms with Crippen LogP contribution in [0.1, 0.15) is 38.8 Å². The number of anilines is 1. The maximum atomic E-state index is 14.8. The summed E-state index contributed by atoms with van der Waals surface area (Å²) in [6, 6.07) is 34.2. The molecule has 0 aliphatic rings. The van der Waals surface area contributed by atoms with E-state index in [1.54, 1.807) is 84.9 Å². The molecule has 21 heteroatoms. The molecule has 2 heterocycles. The van der Waals surface area contributed by atoms with E-state index in [1.807, 2.05) is 12.1 Å². The molecule has 0 aliphatic carbocycles. The number of nitrogens with two attached hydrogens (primary N) is 1. The molecule has 0 saturated carbocycles. The monoisotopic (exact) mass is 917 g/mol. The van der Waals surface area contributed by atoms with Gasteiger partial charge in [0.1, 0.15) is 48.6 Å². The van der Waals surface area contributed by atoms with Crippen molar-refractivity contribution in [2.45, 2.75) is 64.8 Å². The molecule has 0 aliphatic heterocycles. The molecule has 2 aromatic heterocycles. The zero-order valence-electron chi connectivity index (χ0n) is 35.4. The van der Waals surface area contributed by atoms with E-state index in [0.717, 1.165) is 11.1 Å². The van der Waals surface area contributed by atoms with E-state index in [0.29, 0.717) is 0 Å². The summed E-state index contributed by atoms with van der Waals surface area (Å²) in [6.07, 6.45) is -0.00383. The minimum Gasteiger partial charge on any atom is -0.459 e. The number of nitrogens with one attached hydrogen (secondary N) is 3. The predicted molar refractivity (Wildman–Crippen MR) is 236 cm³/mol. The number of benzene rings is 4. The van der Waals surface area contributed by atoms with Gasteiger partial charge in [-0.2, -0.15) is 15.2 Å². The lowest BCUT2D eigenvalue weighted by atomic mass is 10.1. The van der Waals surface area contributed by atoms with Gasteiger partial charge in [0.2, 0.25) is 5.95 Å². The Morgan fingerprint density at radius 1 is 0.703 bits per heavy atom. The van der Waals surface area contributed by atoms with Gasteiger partial charge in [0.05, 0.1) is 19.5 Å². The van der Waals surface area contributed by atoms with E-state index in [1.165, 1.54) is 62.9 Å². The molecular weight excluding hydrogens is 868 g/mol. The third-order valence-corrected chi connectivity index (χ3v) is 12.6. The van der Waals surface area contributed by atoms with Gasteiger partial charge in [-0.3, -0.25) is 33.0 Å². The number of H-pyrrole nitrogens is 1. The number of esters is 2. The van der Waals surface area contributed by atoms with Gasteiger partial charge in [-0.1, -0.05) is 97.1 Å². The van der Waals surface area contributed by atoms with Crippen molar-refractivity contribution >= 4 is 44.5 Å². The molecule has 0 bridgehead atoms. The van der Waals surface area contributed by atoms with Gasteiger partial charge in [-0.05, 0) is 63.1 Å². The second-order valence-electron chi connectivity index (χ2n) is 15.2. The average molecular weight is 918 g/mol. The Kier molecular flexibility index (Phi) is 15.5. The van der Waals surface area contributed by atoms with Crippen LogP contribution < -0.4 is 30.5 Å². The van der Waals surface area contributed by atoms with Crippen molar-refractivity contribution in [2.75, 3.05) is 18.9 Å². The number of carbonyl (C=O) groups is 2. The predicted octanol–water partition coefficient (Wildman–Crippen LogP) is 6.68. The van der Waals surface area contributed by atoms with Crippen LogP contribution in [-0.2, 0) is 61.9 Å². The summed E-state index contributed by atoms with van der Waals surface area (Å²) in [6.45, 7) is 4.09. The van der Waals surface area contributed by atoms with E-state index in [-0.39, 0.29) is 48.6 Å². The number of para-hydroxylation sites is 2. The largest absolute Gasteiger partial charge is 0.459 e. The first-order valence-electron chi connectivity index (χ1n) is 19.8. The Bertz CT molecular complexity index is 2500. The Morgan fingerprint density at radius 2 is 1.12 bits per heavy atom. The van der Waals surface area contributed by atoms with Crippen molar-refractivity contribution in [3.05, 3.63) is 149 Å². The van der Waals surface area contributed by atoms with E-state index in [2.05, 4.69) is 25.1 Å². The van der Waals surface area contributed by atoms with Crippen LogP contribution in [0.4, 0.5) is 5.95 Å². The van der Waals surface area contributed by atoms with Gasteiger partial charge in [0.15, 0.2) is 11.2 Å². The van der Waals surface area contributed by atoms with E-state index in [9.17, 15) is 23.5 Å². The molecule has 4 aromatic carbocycles. The van der Waals surface area contributed by atoms with Crippen molar-refractivity contribution in [3.8, 4) is 11.5 Å². The highest BCUT2D eigenvalue weighted by Crippen LogP contribution is 2.49. The number of imidazole rings is 1. The molecule has 19 nitrogen and oxygen atoms in total. The first-order chi connectivity index (χ1) is 30.5. The number of aromatic nitrogens is 4. The smallest absolute Gasteiger partial charge is 0.459 e. The van der Waals surface area contributed by atoms with Crippen LogP contribution in [0.15, 0.2) is 132 Å². The van der Waals surface area contributed by atoms with Gasteiger partial charge in [-0.25, -0.2) is 14.1 Å². The summed E-state index contributed by atoms with van der Waals surface area (Å²) < 4.78 is 72.0. The Labute approximate surface area is 368 Å². The molecule has 6 rings (SSSR count). The average Bonchev–Trinajstić information content (AvgIpc) is 3.68. The normalized spacial score (nSPS) is 14.2. The SMILES string of the molecule is CC(C)(NP(=O)(OCC(COP(=O)(NC(C)(C)C(=O)OCc1ccccc1)Oc1ccccc1)OCn1cnc2c(=O)[nH]c(N)nc21)Oc1ccccc1)C(=O)OCc1ccccc1. The number of nitrogen functional groups attached to an aromatic ring is 1. The summed E-state index contributed by atoms with van der Waals surface area (Å²) in [7, 11) is -9.12. The number of carbonyl (C=O) groups excluding carboxylic acids is 2. The van der Waals surface area contributed by atoms with Crippen LogP contribution in [0.5, 0.6) is 11.5 Å². The number of fused-ring (bicyclic) bond motifs is 1. The lowest BCUT2D eigenvalue weighted by molar-refractivity contribution is -0.151. The first kappa shape index (κ1) is 47.3. The Morgan fingerprint density at radius 3 is 1.56 bits per heavy atom. The van der Waals surface area contributed by atoms with E-state index < -0.39 is 63.4 Å². The minimum absolute atomic E-state index is 0.0282. The molecule has 5 N–H and O–H groups in total. The highest BCUT2D eigenvalue weighted by Gasteiger charge is 2.43. The fourth-order valence-electron chi connectivity index (χ4n) is 5.74. The quantitative estimate of drug-likeness (QED) is 0.0387.